The highest BCUT2D eigenvalue weighted by Gasteiger charge is 2.35. The molecule has 0 spiro atoms. The van der Waals surface area contributed by atoms with Crippen LogP contribution in [0.2, 0.25) is 0 Å². The maximum atomic E-state index is 9.37. The Labute approximate surface area is 155 Å². The first-order valence-corrected chi connectivity index (χ1v) is 9.45. The predicted octanol–water partition coefficient (Wildman–Crippen LogP) is 3.34. The number of morpholine rings is 1. The van der Waals surface area contributed by atoms with Crippen LogP contribution in [-0.2, 0) is 14.2 Å². The van der Waals surface area contributed by atoms with Crippen LogP contribution in [0.1, 0.15) is 39.5 Å². The molecule has 2 atom stereocenters. The van der Waals surface area contributed by atoms with E-state index >= 15 is 0 Å². The monoisotopic (exact) mass is 369 g/mol. The number of halogens is 1. The van der Waals surface area contributed by atoms with Gasteiger partial charge in [-0.15, -0.1) is 0 Å². The standard InChI is InChI=1S/C18H28ClN3O3/c1-3-5-8-24-17-12-15(21-20)18(25-9-6-4-2)11-14(17)16-13-23-10-7-22(16)19/h11-12,16,18H,3-10,13H2,1-2H3. The summed E-state index contributed by atoms with van der Waals surface area (Å²) in [5.41, 5.74) is 10.8. The normalized spacial score (nSPS) is 24.5. The first kappa shape index (κ1) is 20.1. The molecular formula is C18H28ClN3O3. The van der Waals surface area contributed by atoms with E-state index < -0.39 is 6.10 Å². The Hall–Kier alpha value is -1.17. The van der Waals surface area contributed by atoms with Gasteiger partial charge >= 0.3 is 5.71 Å². The number of nitrogens with zero attached hydrogens (tertiary/aromatic N) is 3. The Morgan fingerprint density at radius 2 is 2.08 bits per heavy atom. The Morgan fingerprint density at radius 3 is 2.76 bits per heavy atom. The highest BCUT2D eigenvalue weighted by Crippen LogP contribution is 2.29. The lowest BCUT2D eigenvalue weighted by molar-refractivity contribution is -0.0239. The quantitative estimate of drug-likeness (QED) is 0.270. The molecule has 1 heterocycles. The Morgan fingerprint density at radius 1 is 1.32 bits per heavy atom. The van der Waals surface area contributed by atoms with Crippen molar-refractivity contribution in [1.29, 1.82) is 0 Å². The van der Waals surface area contributed by atoms with Crippen molar-refractivity contribution >= 4 is 17.5 Å². The lowest BCUT2D eigenvalue weighted by Crippen LogP contribution is -2.43. The van der Waals surface area contributed by atoms with E-state index in [0.717, 1.165) is 31.3 Å². The minimum absolute atomic E-state index is 0.110. The fourth-order valence-electron chi connectivity index (χ4n) is 2.76. The predicted molar refractivity (Wildman–Crippen MR) is 97.5 cm³/mol. The van der Waals surface area contributed by atoms with E-state index in [-0.39, 0.29) is 6.04 Å². The summed E-state index contributed by atoms with van der Waals surface area (Å²) in [5.74, 6) is 0.678. The Kier molecular flexibility index (Phi) is 8.65. The second-order valence-corrected chi connectivity index (χ2v) is 6.65. The van der Waals surface area contributed by atoms with Crippen LogP contribution >= 0.6 is 11.8 Å². The van der Waals surface area contributed by atoms with Crippen molar-refractivity contribution in [2.24, 2.45) is 0 Å². The summed E-state index contributed by atoms with van der Waals surface area (Å²) in [6, 6.07) is -0.110. The van der Waals surface area contributed by atoms with Crippen LogP contribution in [0.4, 0.5) is 0 Å². The molecule has 2 unspecified atom stereocenters. The second-order valence-electron chi connectivity index (χ2n) is 6.22. The summed E-state index contributed by atoms with van der Waals surface area (Å²) < 4.78 is 19.2. The van der Waals surface area contributed by atoms with Crippen LogP contribution in [0.5, 0.6) is 0 Å². The summed E-state index contributed by atoms with van der Waals surface area (Å²) in [6.07, 6.45) is 7.29. The van der Waals surface area contributed by atoms with Crippen molar-refractivity contribution in [2.75, 3.05) is 33.0 Å². The minimum Gasteiger partial charge on any atom is -0.493 e. The molecule has 25 heavy (non-hydrogen) atoms. The third-order valence-electron chi connectivity index (χ3n) is 4.27. The topological polar surface area (TPSA) is 67.3 Å². The molecule has 6 nitrogen and oxygen atoms in total. The smallest absolute Gasteiger partial charge is 0.328 e. The molecule has 1 aliphatic carbocycles. The summed E-state index contributed by atoms with van der Waals surface area (Å²) in [6.45, 7) is 7.19. The first-order chi connectivity index (χ1) is 12.2. The molecule has 0 aromatic carbocycles. The molecular weight excluding hydrogens is 342 g/mol. The molecule has 0 N–H and O–H groups in total. The molecule has 0 aromatic rings. The molecule has 2 rings (SSSR count). The van der Waals surface area contributed by atoms with Gasteiger partial charge in [-0.05, 0) is 30.7 Å². The molecule has 1 fully saturated rings. The van der Waals surface area contributed by atoms with Gasteiger partial charge in [0.25, 0.3) is 0 Å². The van der Waals surface area contributed by atoms with Gasteiger partial charge in [0.05, 0.1) is 31.9 Å². The maximum absolute atomic E-state index is 9.37. The van der Waals surface area contributed by atoms with Crippen molar-refractivity contribution < 1.29 is 19.0 Å². The van der Waals surface area contributed by atoms with Crippen LogP contribution in [0.25, 0.3) is 5.53 Å². The van der Waals surface area contributed by atoms with Crippen LogP contribution < -0.4 is 0 Å². The molecule has 1 saturated heterocycles. The molecule has 0 saturated carbocycles. The van der Waals surface area contributed by atoms with Crippen LogP contribution in [0.15, 0.2) is 23.5 Å². The van der Waals surface area contributed by atoms with Gasteiger partial charge in [-0.1, -0.05) is 26.7 Å². The zero-order valence-electron chi connectivity index (χ0n) is 15.1. The maximum Gasteiger partial charge on any atom is 0.328 e. The summed E-state index contributed by atoms with van der Waals surface area (Å²) in [4.78, 5) is 3.40. The minimum atomic E-state index is -0.405. The van der Waals surface area contributed by atoms with Crippen LogP contribution in [0.3, 0.4) is 0 Å². The van der Waals surface area contributed by atoms with E-state index in [2.05, 4.69) is 18.6 Å². The lowest BCUT2D eigenvalue weighted by atomic mass is 9.95. The molecule has 140 valence electrons. The number of hydrogen-bond acceptors (Lipinski definition) is 4. The molecule has 0 radical (unpaired) electrons. The van der Waals surface area contributed by atoms with E-state index in [1.807, 2.05) is 6.08 Å². The van der Waals surface area contributed by atoms with Crippen LogP contribution in [0, 0.1) is 0 Å². The largest absolute Gasteiger partial charge is 0.493 e. The van der Waals surface area contributed by atoms with Gasteiger partial charge in [0, 0.05) is 18.7 Å². The number of ether oxygens (including phenoxy) is 3. The summed E-state index contributed by atoms with van der Waals surface area (Å²) in [7, 11) is 0. The van der Waals surface area contributed by atoms with Crippen LogP contribution in [-0.4, -0.2) is 60.0 Å². The molecule has 7 heteroatoms. The highest BCUT2D eigenvalue weighted by atomic mass is 35.5. The number of unbranched alkanes of at least 4 members (excludes halogenated alkanes) is 2. The zero-order valence-corrected chi connectivity index (χ0v) is 15.9. The van der Waals surface area contributed by atoms with Gasteiger partial charge in [0.2, 0.25) is 0 Å². The fourth-order valence-corrected chi connectivity index (χ4v) is 2.99. The van der Waals surface area contributed by atoms with Gasteiger partial charge in [-0.2, -0.15) is 4.79 Å². The first-order valence-electron chi connectivity index (χ1n) is 9.11. The van der Waals surface area contributed by atoms with E-state index in [1.54, 1.807) is 10.5 Å². The van der Waals surface area contributed by atoms with Crippen molar-refractivity contribution in [2.45, 2.75) is 51.7 Å². The molecule has 0 amide bonds. The van der Waals surface area contributed by atoms with Gasteiger partial charge in [0.1, 0.15) is 5.76 Å². The van der Waals surface area contributed by atoms with Gasteiger partial charge in [0.15, 0.2) is 6.10 Å². The highest BCUT2D eigenvalue weighted by molar-refractivity contribution is 6.13. The fraction of sp³-hybridized carbons (Fsp3) is 0.722. The van der Waals surface area contributed by atoms with Crippen molar-refractivity contribution in [3.63, 3.8) is 0 Å². The van der Waals surface area contributed by atoms with E-state index in [9.17, 15) is 5.53 Å². The lowest BCUT2D eigenvalue weighted by Gasteiger charge is -2.34. The number of rotatable bonds is 9. The average molecular weight is 370 g/mol. The third-order valence-corrected chi connectivity index (χ3v) is 4.68. The average Bonchev–Trinajstić information content (AvgIpc) is 2.63. The van der Waals surface area contributed by atoms with Gasteiger partial charge in [-0.3, -0.25) is 0 Å². The molecule has 1 aliphatic heterocycles. The third kappa shape index (κ3) is 5.66. The molecule has 2 aliphatic rings. The van der Waals surface area contributed by atoms with Crippen molar-refractivity contribution in [3.8, 4) is 0 Å². The van der Waals surface area contributed by atoms with Crippen molar-refractivity contribution in [1.82, 2.24) is 4.42 Å². The number of hydrogen-bond donors (Lipinski definition) is 0. The van der Waals surface area contributed by atoms with E-state index in [4.69, 9.17) is 26.0 Å². The van der Waals surface area contributed by atoms with E-state index in [1.165, 1.54) is 0 Å². The van der Waals surface area contributed by atoms with Gasteiger partial charge in [-0.25, -0.2) is 4.42 Å². The van der Waals surface area contributed by atoms with E-state index in [0.29, 0.717) is 44.4 Å². The Bertz CT molecular complexity index is 544. The zero-order chi connectivity index (χ0) is 18.1. The Balaban J connectivity index is 2.22. The summed E-state index contributed by atoms with van der Waals surface area (Å²) in [5, 5.41) is 0. The van der Waals surface area contributed by atoms with Gasteiger partial charge < -0.3 is 19.7 Å². The molecule has 0 aromatic heterocycles. The molecule has 0 bridgehead atoms. The summed E-state index contributed by atoms with van der Waals surface area (Å²) >= 11 is 6.40. The second kappa shape index (κ2) is 10.7. The SMILES string of the molecule is CCCCOC1=CC(=[N+]=[N-])C(OCCCC)C=C1C1COCCN1Cl. The van der Waals surface area contributed by atoms with Crippen molar-refractivity contribution in [3.05, 3.63) is 29.0 Å².